The molecule has 0 heteroatoms. The van der Waals surface area contributed by atoms with Gasteiger partial charge >= 0.3 is 0 Å². The predicted molar refractivity (Wildman–Crippen MR) is 73.0 cm³/mol. The van der Waals surface area contributed by atoms with Crippen LogP contribution < -0.4 is 0 Å². The van der Waals surface area contributed by atoms with Crippen molar-refractivity contribution in [3.63, 3.8) is 0 Å². The minimum atomic E-state index is 0.211. The molecule has 0 heterocycles. The summed E-state index contributed by atoms with van der Waals surface area (Å²) in [5.74, 6) is 0.617. The largest absolute Gasteiger partial charge is 0.0593 e. The molecule has 0 radical (unpaired) electrons. The van der Waals surface area contributed by atoms with Crippen LogP contribution in [0.1, 0.15) is 65.5 Å². The Morgan fingerprint density at radius 1 is 0.812 bits per heavy atom. The van der Waals surface area contributed by atoms with E-state index >= 15 is 0 Å². The van der Waals surface area contributed by atoms with Gasteiger partial charge in [-0.15, -0.1) is 0 Å². The van der Waals surface area contributed by atoms with Crippen molar-refractivity contribution in [2.75, 3.05) is 0 Å². The van der Waals surface area contributed by atoms with Crippen LogP contribution in [0.25, 0.3) is 0 Å². The summed E-state index contributed by atoms with van der Waals surface area (Å²) in [6.45, 7) is 16.1. The number of rotatable bonds is 2. The molecule has 90 valence electrons. The first-order chi connectivity index (χ1) is 7.16. The van der Waals surface area contributed by atoms with Crippen LogP contribution in [-0.4, -0.2) is 0 Å². The predicted octanol–water partition coefficient (Wildman–Crippen LogP) is 5.13. The minimum Gasteiger partial charge on any atom is -0.0593 e. The standard InChI is InChI=1S/C16H26/c1-12(2)13-8-10-14(11-9-13)16(6,7)15(3,4)5/h8-12H,1-7H3. The van der Waals surface area contributed by atoms with Crippen molar-refractivity contribution < 1.29 is 0 Å². The van der Waals surface area contributed by atoms with Crippen LogP contribution in [0.3, 0.4) is 0 Å². The fourth-order valence-corrected chi connectivity index (χ4v) is 1.72. The van der Waals surface area contributed by atoms with Crippen LogP contribution in [0.15, 0.2) is 24.3 Å². The summed E-state index contributed by atoms with van der Waals surface area (Å²) in [7, 11) is 0. The van der Waals surface area contributed by atoms with Gasteiger partial charge in [-0.3, -0.25) is 0 Å². The van der Waals surface area contributed by atoms with E-state index in [9.17, 15) is 0 Å². The molecule has 0 aliphatic heterocycles. The van der Waals surface area contributed by atoms with Crippen LogP contribution >= 0.6 is 0 Å². The number of benzene rings is 1. The van der Waals surface area contributed by atoms with Gasteiger partial charge in [0.25, 0.3) is 0 Å². The molecule has 0 atom stereocenters. The maximum atomic E-state index is 2.33. The van der Waals surface area contributed by atoms with Crippen molar-refractivity contribution in [2.24, 2.45) is 5.41 Å². The van der Waals surface area contributed by atoms with Crippen molar-refractivity contribution in [1.29, 1.82) is 0 Å². The third-order valence-electron chi connectivity index (χ3n) is 4.17. The highest BCUT2D eigenvalue weighted by molar-refractivity contribution is 5.31. The molecule has 0 saturated carbocycles. The second kappa shape index (κ2) is 4.24. The first-order valence-corrected chi connectivity index (χ1v) is 6.26. The smallest absolute Gasteiger partial charge is 0.00551 e. The van der Waals surface area contributed by atoms with Gasteiger partial charge in [-0.1, -0.05) is 72.7 Å². The highest BCUT2D eigenvalue weighted by Gasteiger charge is 2.34. The lowest BCUT2D eigenvalue weighted by Crippen LogP contribution is -2.33. The Kier molecular flexibility index (Phi) is 3.52. The molecule has 0 nitrogen and oxygen atoms in total. The topological polar surface area (TPSA) is 0 Å². The van der Waals surface area contributed by atoms with E-state index in [0.29, 0.717) is 5.92 Å². The molecule has 1 aromatic carbocycles. The first kappa shape index (κ1) is 13.3. The third-order valence-corrected chi connectivity index (χ3v) is 4.17. The van der Waals surface area contributed by atoms with Gasteiger partial charge in [-0.05, 0) is 27.9 Å². The number of hydrogen-bond acceptors (Lipinski definition) is 0. The quantitative estimate of drug-likeness (QED) is 0.645. The lowest BCUT2D eigenvalue weighted by atomic mass is 9.65. The molecule has 0 bridgehead atoms. The second-order valence-electron chi connectivity index (χ2n) is 6.65. The van der Waals surface area contributed by atoms with Gasteiger partial charge in [0, 0.05) is 0 Å². The van der Waals surface area contributed by atoms with E-state index in [1.807, 2.05) is 0 Å². The third kappa shape index (κ3) is 2.48. The lowest BCUT2D eigenvalue weighted by molar-refractivity contribution is 0.225. The van der Waals surface area contributed by atoms with Gasteiger partial charge in [0.15, 0.2) is 0 Å². The first-order valence-electron chi connectivity index (χ1n) is 6.26. The molecule has 0 N–H and O–H groups in total. The van der Waals surface area contributed by atoms with E-state index in [0.717, 1.165) is 0 Å². The van der Waals surface area contributed by atoms with Crippen LogP contribution in [0.5, 0.6) is 0 Å². The van der Waals surface area contributed by atoms with Crippen molar-refractivity contribution in [3.05, 3.63) is 35.4 Å². The van der Waals surface area contributed by atoms with Crippen LogP contribution in [0.4, 0.5) is 0 Å². The molecule has 0 aliphatic carbocycles. The van der Waals surface area contributed by atoms with E-state index in [-0.39, 0.29) is 10.8 Å². The van der Waals surface area contributed by atoms with Gasteiger partial charge in [0.05, 0.1) is 0 Å². The number of hydrogen-bond donors (Lipinski definition) is 0. The summed E-state index contributed by atoms with van der Waals surface area (Å²) >= 11 is 0. The molecule has 0 fully saturated rings. The average molecular weight is 218 g/mol. The highest BCUT2D eigenvalue weighted by atomic mass is 14.4. The molecule has 16 heavy (non-hydrogen) atoms. The van der Waals surface area contributed by atoms with Crippen LogP contribution in [-0.2, 0) is 5.41 Å². The van der Waals surface area contributed by atoms with Crippen molar-refractivity contribution in [2.45, 2.75) is 59.8 Å². The van der Waals surface area contributed by atoms with Gasteiger partial charge in [0.2, 0.25) is 0 Å². The molecule has 0 saturated heterocycles. The lowest BCUT2D eigenvalue weighted by Gasteiger charge is -2.39. The molecule has 1 aromatic rings. The van der Waals surface area contributed by atoms with Crippen molar-refractivity contribution >= 4 is 0 Å². The van der Waals surface area contributed by atoms with Gasteiger partial charge < -0.3 is 0 Å². The van der Waals surface area contributed by atoms with Gasteiger partial charge in [-0.25, -0.2) is 0 Å². The summed E-state index contributed by atoms with van der Waals surface area (Å²) < 4.78 is 0. The van der Waals surface area contributed by atoms with E-state index in [1.54, 1.807) is 0 Å². The SMILES string of the molecule is CC(C)c1ccc(C(C)(C)C(C)(C)C)cc1. The molecule has 0 amide bonds. The Hall–Kier alpha value is -0.780. The second-order valence-corrected chi connectivity index (χ2v) is 6.65. The Morgan fingerprint density at radius 2 is 1.25 bits per heavy atom. The molecular weight excluding hydrogens is 192 g/mol. The van der Waals surface area contributed by atoms with Crippen LogP contribution in [0, 0.1) is 5.41 Å². The molecule has 0 unspecified atom stereocenters. The minimum absolute atomic E-state index is 0.211. The zero-order valence-electron chi connectivity index (χ0n) is 11.9. The molecule has 0 aliphatic rings. The van der Waals surface area contributed by atoms with E-state index in [4.69, 9.17) is 0 Å². The Morgan fingerprint density at radius 3 is 1.56 bits per heavy atom. The summed E-state index contributed by atoms with van der Waals surface area (Å²) in [5, 5.41) is 0. The summed E-state index contributed by atoms with van der Waals surface area (Å²) in [4.78, 5) is 0. The summed E-state index contributed by atoms with van der Waals surface area (Å²) in [5.41, 5.74) is 3.35. The van der Waals surface area contributed by atoms with E-state index < -0.39 is 0 Å². The average Bonchev–Trinajstić information content (AvgIpc) is 2.16. The van der Waals surface area contributed by atoms with Crippen molar-refractivity contribution in [3.8, 4) is 0 Å². The normalized spacial score (nSPS) is 13.2. The Bertz CT molecular complexity index is 333. The van der Waals surface area contributed by atoms with Crippen molar-refractivity contribution in [1.82, 2.24) is 0 Å². The van der Waals surface area contributed by atoms with Crippen LogP contribution in [0.2, 0.25) is 0 Å². The molecular formula is C16H26. The molecule has 0 aromatic heterocycles. The molecule has 1 rings (SSSR count). The van der Waals surface area contributed by atoms with Gasteiger partial charge in [0.1, 0.15) is 0 Å². The summed E-state index contributed by atoms with van der Waals surface area (Å²) in [6, 6.07) is 9.13. The molecule has 0 spiro atoms. The highest BCUT2D eigenvalue weighted by Crippen LogP contribution is 2.40. The zero-order chi connectivity index (χ0) is 12.6. The maximum absolute atomic E-state index is 2.33. The fraction of sp³-hybridized carbons (Fsp3) is 0.625. The zero-order valence-corrected chi connectivity index (χ0v) is 11.9. The summed E-state index contributed by atoms with van der Waals surface area (Å²) in [6.07, 6.45) is 0. The van der Waals surface area contributed by atoms with Gasteiger partial charge in [-0.2, -0.15) is 0 Å². The monoisotopic (exact) mass is 218 g/mol. The Labute approximate surface area is 101 Å². The fourth-order valence-electron chi connectivity index (χ4n) is 1.72. The van der Waals surface area contributed by atoms with E-state index in [1.165, 1.54) is 11.1 Å². The van der Waals surface area contributed by atoms with E-state index in [2.05, 4.69) is 72.7 Å². The maximum Gasteiger partial charge on any atom is -0.00551 e. The Balaban J connectivity index is 3.07.